The van der Waals surface area contributed by atoms with Crippen molar-refractivity contribution in [2.45, 2.75) is 25.3 Å². The molecule has 0 aliphatic carbocycles. The number of halogens is 1. The summed E-state index contributed by atoms with van der Waals surface area (Å²) in [4.78, 5) is 11.8. The first-order chi connectivity index (χ1) is 7.93. The fourth-order valence-electron chi connectivity index (χ4n) is 2.02. The number of hydrogen-bond acceptors (Lipinski definition) is 2. The first-order valence-corrected chi connectivity index (χ1v) is 5.58. The Morgan fingerprint density at radius 2 is 2.00 bits per heavy atom. The van der Waals surface area contributed by atoms with E-state index in [0.29, 0.717) is 0 Å². The van der Waals surface area contributed by atoms with Crippen molar-refractivity contribution in [2.24, 2.45) is 0 Å². The molecule has 1 atom stereocenters. The molecular formula is C13H19FN2O. The van der Waals surface area contributed by atoms with Crippen molar-refractivity contribution in [3.05, 3.63) is 35.6 Å². The molecule has 0 radical (unpaired) electrons. The molecule has 1 amide bonds. The van der Waals surface area contributed by atoms with E-state index in [1.165, 1.54) is 12.1 Å². The Labute approximate surface area is 101 Å². The zero-order chi connectivity index (χ0) is 13.1. The number of nitrogens with one attached hydrogen (secondary N) is 2. The van der Waals surface area contributed by atoms with Crippen molar-refractivity contribution >= 4 is 5.91 Å². The van der Waals surface area contributed by atoms with Crippen molar-refractivity contribution in [3.8, 4) is 0 Å². The van der Waals surface area contributed by atoms with Gasteiger partial charge in [-0.05, 0) is 24.7 Å². The van der Waals surface area contributed by atoms with E-state index in [1.807, 2.05) is 19.9 Å². The van der Waals surface area contributed by atoms with Crippen LogP contribution in [0.25, 0.3) is 0 Å². The van der Waals surface area contributed by atoms with E-state index in [0.717, 1.165) is 5.56 Å². The number of hydrogen-bond donors (Lipinski definition) is 2. The Morgan fingerprint density at radius 1 is 1.35 bits per heavy atom. The van der Waals surface area contributed by atoms with Crippen LogP contribution < -0.4 is 10.6 Å². The van der Waals surface area contributed by atoms with Crippen LogP contribution in [0, 0.1) is 5.82 Å². The summed E-state index contributed by atoms with van der Waals surface area (Å²) in [6, 6.07) is 5.94. The van der Waals surface area contributed by atoms with E-state index in [2.05, 4.69) is 10.6 Å². The summed E-state index contributed by atoms with van der Waals surface area (Å²) in [6.45, 7) is 3.83. The van der Waals surface area contributed by atoms with Gasteiger partial charge < -0.3 is 10.6 Å². The Morgan fingerprint density at radius 3 is 2.47 bits per heavy atom. The molecule has 0 aliphatic rings. The number of carbonyl (C=O) groups excluding carboxylic acids is 1. The third kappa shape index (κ3) is 2.82. The van der Waals surface area contributed by atoms with Crippen LogP contribution >= 0.6 is 0 Å². The van der Waals surface area contributed by atoms with Crippen LogP contribution in [0.4, 0.5) is 4.39 Å². The van der Waals surface area contributed by atoms with Gasteiger partial charge in [-0.15, -0.1) is 0 Å². The minimum atomic E-state index is -0.489. The monoisotopic (exact) mass is 238 g/mol. The standard InChI is InChI=1S/C13H19FN2O/c1-13(2,11(15-3)12(17)16-4)9-6-5-7-10(14)8-9/h5-8,11,15H,1-4H3,(H,16,17). The lowest BCUT2D eigenvalue weighted by atomic mass is 9.77. The summed E-state index contributed by atoms with van der Waals surface area (Å²) in [5.74, 6) is -0.399. The molecule has 0 spiro atoms. The molecule has 4 heteroatoms. The average Bonchev–Trinajstić information content (AvgIpc) is 2.29. The van der Waals surface area contributed by atoms with Crippen molar-refractivity contribution in [1.29, 1.82) is 0 Å². The summed E-state index contributed by atoms with van der Waals surface area (Å²) in [7, 11) is 3.31. The molecule has 1 aromatic rings. The zero-order valence-electron chi connectivity index (χ0n) is 10.7. The van der Waals surface area contributed by atoms with Gasteiger partial charge in [0.1, 0.15) is 5.82 Å². The maximum absolute atomic E-state index is 13.2. The minimum Gasteiger partial charge on any atom is -0.358 e. The molecule has 3 nitrogen and oxygen atoms in total. The molecule has 2 N–H and O–H groups in total. The Hall–Kier alpha value is -1.42. The molecule has 0 aromatic heterocycles. The average molecular weight is 238 g/mol. The van der Waals surface area contributed by atoms with Crippen molar-refractivity contribution in [1.82, 2.24) is 10.6 Å². The summed E-state index contributed by atoms with van der Waals surface area (Å²) < 4.78 is 13.2. The van der Waals surface area contributed by atoms with Crippen LogP contribution in [0.15, 0.2) is 24.3 Å². The van der Waals surface area contributed by atoms with E-state index >= 15 is 0 Å². The molecule has 0 saturated heterocycles. The quantitative estimate of drug-likeness (QED) is 0.833. The number of benzene rings is 1. The fourth-order valence-corrected chi connectivity index (χ4v) is 2.02. The molecule has 0 aliphatic heterocycles. The molecule has 0 saturated carbocycles. The van der Waals surface area contributed by atoms with Gasteiger partial charge in [0.2, 0.25) is 5.91 Å². The molecular weight excluding hydrogens is 219 g/mol. The number of rotatable bonds is 4. The molecule has 17 heavy (non-hydrogen) atoms. The van der Waals surface area contributed by atoms with Gasteiger partial charge in [0.25, 0.3) is 0 Å². The van der Waals surface area contributed by atoms with Gasteiger partial charge in [-0.3, -0.25) is 4.79 Å². The highest BCUT2D eigenvalue weighted by atomic mass is 19.1. The third-order valence-electron chi connectivity index (χ3n) is 3.09. The normalized spacial score (nSPS) is 13.2. The zero-order valence-corrected chi connectivity index (χ0v) is 10.7. The number of carbonyl (C=O) groups is 1. The van der Waals surface area contributed by atoms with E-state index in [-0.39, 0.29) is 11.7 Å². The summed E-state index contributed by atoms with van der Waals surface area (Å²) >= 11 is 0. The number of amides is 1. The highest BCUT2D eigenvalue weighted by molar-refractivity contribution is 5.83. The van der Waals surface area contributed by atoms with Crippen molar-refractivity contribution in [2.75, 3.05) is 14.1 Å². The lowest BCUT2D eigenvalue weighted by Crippen LogP contribution is -2.52. The molecule has 94 valence electrons. The van der Waals surface area contributed by atoms with Crippen LogP contribution in [-0.4, -0.2) is 26.0 Å². The molecule has 1 rings (SSSR count). The summed E-state index contributed by atoms with van der Waals surface area (Å²) in [5, 5.41) is 5.59. The fraction of sp³-hybridized carbons (Fsp3) is 0.462. The van der Waals surface area contributed by atoms with E-state index < -0.39 is 11.5 Å². The van der Waals surface area contributed by atoms with Crippen molar-refractivity contribution in [3.63, 3.8) is 0 Å². The Kier molecular flexibility index (Phi) is 4.23. The SMILES string of the molecule is CNC(=O)C(NC)C(C)(C)c1cccc(F)c1. The largest absolute Gasteiger partial charge is 0.358 e. The number of likely N-dealkylation sites (N-methyl/N-ethyl adjacent to an activating group) is 2. The van der Waals surface area contributed by atoms with E-state index in [9.17, 15) is 9.18 Å². The maximum Gasteiger partial charge on any atom is 0.237 e. The second kappa shape index (κ2) is 5.27. The Bertz CT molecular complexity index is 404. The van der Waals surface area contributed by atoms with Crippen molar-refractivity contribution < 1.29 is 9.18 Å². The summed E-state index contributed by atoms with van der Waals surface area (Å²) in [6.07, 6.45) is 0. The van der Waals surface area contributed by atoms with Gasteiger partial charge >= 0.3 is 0 Å². The first-order valence-electron chi connectivity index (χ1n) is 5.58. The van der Waals surface area contributed by atoms with Gasteiger partial charge in [0.05, 0.1) is 6.04 Å². The second-order valence-corrected chi connectivity index (χ2v) is 4.57. The van der Waals surface area contributed by atoms with Gasteiger partial charge in [-0.2, -0.15) is 0 Å². The van der Waals surface area contributed by atoms with Gasteiger partial charge in [0, 0.05) is 12.5 Å². The minimum absolute atomic E-state index is 0.109. The predicted octanol–water partition coefficient (Wildman–Crippen LogP) is 1.44. The molecule has 0 heterocycles. The lowest BCUT2D eigenvalue weighted by molar-refractivity contribution is -0.124. The molecule has 0 bridgehead atoms. The predicted molar refractivity (Wildman–Crippen MR) is 66.3 cm³/mol. The van der Waals surface area contributed by atoms with Gasteiger partial charge in [-0.25, -0.2) is 4.39 Å². The van der Waals surface area contributed by atoms with E-state index in [1.54, 1.807) is 20.2 Å². The van der Waals surface area contributed by atoms with Gasteiger partial charge in [-0.1, -0.05) is 26.0 Å². The molecule has 1 unspecified atom stereocenters. The molecule has 0 fully saturated rings. The highest BCUT2D eigenvalue weighted by Crippen LogP contribution is 2.27. The van der Waals surface area contributed by atoms with Crippen LogP contribution in [0.2, 0.25) is 0 Å². The van der Waals surface area contributed by atoms with Crippen LogP contribution in [0.3, 0.4) is 0 Å². The third-order valence-corrected chi connectivity index (χ3v) is 3.09. The van der Waals surface area contributed by atoms with E-state index in [4.69, 9.17) is 0 Å². The van der Waals surface area contributed by atoms with Crippen LogP contribution in [-0.2, 0) is 10.2 Å². The maximum atomic E-state index is 13.2. The molecule has 1 aromatic carbocycles. The highest BCUT2D eigenvalue weighted by Gasteiger charge is 2.35. The topological polar surface area (TPSA) is 41.1 Å². The Balaban J connectivity index is 3.11. The summed E-state index contributed by atoms with van der Waals surface area (Å²) in [5.41, 5.74) is 0.303. The second-order valence-electron chi connectivity index (χ2n) is 4.57. The van der Waals surface area contributed by atoms with Crippen LogP contribution in [0.1, 0.15) is 19.4 Å². The lowest BCUT2D eigenvalue weighted by Gasteiger charge is -2.33. The smallest absolute Gasteiger partial charge is 0.237 e. The first kappa shape index (κ1) is 13.6. The van der Waals surface area contributed by atoms with Gasteiger partial charge in [0.15, 0.2) is 0 Å². The van der Waals surface area contributed by atoms with Crippen LogP contribution in [0.5, 0.6) is 0 Å².